The molecule has 12 heteroatoms. The van der Waals surface area contributed by atoms with Crippen molar-refractivity contribution in [1.29, 1.82) is 0 Å². The van der Waals surface area contributed by atoms with Crippen LogP contribution in [-0.2, 0) is 19.6 Å². The van der Waals surface area contributed by atoms with Crippen molar-refractivity contribution in [3.8, 4) is 0 Å². The summed E-state index contributed by atoms with van der Waals surface area (Å²) in [4.78, 5) is 38.6. The molecular weight excluding hydrogens is 429 g/mol. The van der Waals surface area contributed by atoms with Gasteiger partial charge in [-0.1, -0.05) is 6.92 Å². The van der Waals surface area contributed by atoms with E-state index in [1.807, 2.05) is 0 Å². The van der Waals surface area contributed by atoms with Crippen LogP contribution in [0.25, 0.3) is 0 Å². The summed E-state index contributed by atoms with van der Waals surface area (Å²) in [6.45, 7) is 4.43. The van der Waals surface area contributed by atoms with Gasteiger partial charge in [0.2, 0.25) is 10.0 Å². The number of benzene rings is 1. The van der Waals surface area contributed by atoms with Crippen molar-refractivity contribution in [3.05, 3.63) is 30.1 Å². The molecular formula is C19H26FN5O5S. The SMILES string of the molecule is CC[C@@]1(C)NC(=O)N(NC(=O)CN2CCCN(S(=O)(=O)c3ccc(F)cc3)CC2)C1=O. The lowest BCUT2D eigenvalue weighted by molar-refractivity contribution is -0.139. The summed E-state index contributed by atoms with van der Waals surface area (Å²) in [5.41, 5.74) is 1.28. The lowest BCUT2D eigenvalue weighted by Gasteiger charge is -2.23. The number of rotatable bonds is 6. The van der Waals surface area contributed by atoms with Gasteiger partial charge in [0.05, 0.1) is 11.4 Å². The van der Waals surface area contributed by atoms with E-state index >= 15 is 0 Å². The summed E-state index contributed by atoms with van der Waals surface area (Å²) in [6, 6.07) is 3.96. The third kappa shape index (κ3) is 4.86. The molecule has 2 N–H and O–H groups in total. The minimum Gasteiger partial charge on any atom is -0.322 e. The highest BCUT2D eigenvalue weighted by atomic mass is 32.2. The van der Waals surface area contributed by atoms with Crippen molar-refractivity contribution in [2.75, 3.05) is 32.7 Å². The van der Waals surface area contributed by atoms with Crippen molar-refractivity contribution in [3.63, 3.8) is 0 Å². The molecule has 0 saturated carbocycles. The Morgan fingerprint density at radius 1 is 1.16 bits per heavy atom. The van der Waals surface area contributed by atoms with Gasteiger partial charge >= 0.3 is 6.03 Å². The zero-order chi connectivity index (χ0) is 22.8. The molecule has 4 amide bonds. The Labute approximate surface area is 180 Å². The number of hydrogen-bond donors (Lipinski definition) is 2. The molecule has 2 saturated heterocycles. The average molecular weight is 456 g/mol. The van der Waals surface area contributed by atoms with Crippen LogP contribution in [0, 0.1) is 5.82 Å². The van der Waals surface area contributed by atoms with E-state index < -0.39 is 39.2 Å². The molecule has 1 atom stereocenters. The minimum atomic E-state index is -3.77. The first-order valence-electron chi connectivity index (χ1n) is 10.0. The van der Waals surface area contributed by atoms with Gasteiger partial charge in [0.15, 0.2) is 0 Å². The van der Waals surface area contributed by atoms with Gasteiger partial charge in [-0.2, -0.15) is 9.31 Å². The minimum absolute atomic E-state index is 0.0117. The van der Waals surface area contributed by atoms with E-state index in [1.54, 1.807) is 18.7 Å². The summed E-state index contributed by atoms with van der Waals surface area (Å²) in [7, 11) is -3.77. The fraction of sp³-hybridized carbons (Fsp3) is 0.526. The monoisotopic (exact) mass is 455 g/mol. The number of nitrogens with one attached hydrogen (secondary N) is 2. The van der Waals surface area contributed by atoms with Crippen molar-refractivity contribution in [2.45, 2.75) is 37.1 Å². The zero-order valence-electron chi connectivity index (χ0n) is 17.4. The Bertz CT molecular complexity index is 970. The van der Waals surface area contributed by atoms with Gasteiger partial charge in [0.25, 0.3) is 11.8 Å². The van der Waals surface area contributed by atoms with Crippen molar-refractivity contribution < 1.29 is 27.2 Å². The third-order valence-electron chi connectivity index (χ3n) is 5.57. The molecule has 2 heterocycles. The molecule has 0 radical (unpaired) electrons. The number of carbonyl (C=O) groups is 3. The zero-order valence-corrected chi connectivity index (χ0v) is 18.2. The molecule has 2 aliphatic heterocycles. The molecule has 1 aromatic carbocycles. The van der Waals surface area contributed by atoms with Crippen molar-refractivity contribution >= 4 is 27.9 Å². The Morgan fingerprint density at radius 2 is 1.84 bits per heavy atom. The number of hydrogen-bond acceptors (Lipinski definition) is 6. The highest BCUT2D eigenvalue weighted by molar-refractivity contribution is 7.89. The summed E-state index contributed by atoms with van der Waals surface area (Å²) < 4.78 is 40.0. The molecule has 0 spiro atoms. The second kappa shape index (κ2) is 8.89. The van der Waals surface area contributed by atoms with Gasteiger partial charge in [-0.25, -0.2) is 17.6 Å². The highest BCUT2D eigenvalue weighted by Gasteiger charge is 2.47. The van der Waals surface area contributed by atoms with Gasteiger partial charge in [0.1, 0.15) is 11.4 Å². The predicted octanol–water partition coefficient (Wildman–Crippen LogP) is 0.274. The Morgan fingerprint density at radius 3 is 2.45 bits per heavy atom. The van der Waals surface area contributed by atoms with Gasteiger partial charge in [-0.3, -0.25) is 19.9 Å². The molecule has 3 rings (SSSR count). The molecule has 10 nitrogen and oxygen atoms in total. The number of urea groups is 1. The van der Waals surface area contributed by atoms with E-state index in [0.717, 1.165) is 12.1 Å². The van der Waals surface area contributed by atoms with Crippen LogP contribution < -0.4 is 10.7 Å². The molecule has 0 bridgehead atoms. The molecule has 170 valence electrons. The van der Waals surface area contributed by atoms with Gasteiger partial charge in [-0.05, 0) is 50.6 Å². The quantitative estimate of drug-likeness (QED) is 0.595. The summed E-state index contributed by atoms with van der Waals surface area (Å²) in [6.07, 6.45) is 0.874. The lowest BCUT2D eigenvalue weighted by Crippen LogP contribution is -2.51. The van der Waals surface area contributed by atoms with Crippen LogP contribution in [0.4, 0.5) is 9.18 Å². The van der Waals surface area contributed by atoms with E-state index in [9.17, 15) is 27.2 Å². The van der Waals surface area contributed by atoms with Crippen LogP contribution in [0.3, 0.4) is 0 Å². The normalized spacial score (nSPS) is 23.5. The van der Waals surface area contributed by atoms with E-state index in [-0.39, 0.29) is 24.5 Å². The number of nitrogens with zero attached hydrogens (tertiary/aromatic N) is 3. The Balaban J connectivity index is 1.58. The molecule has 2 fully saturated rings. The maximum atomic E-state index is 13.1. The first-order valence-corrected chi connectivity index (χ1v) is 11.4. The van der Waals surface area contributed by atoms with Crippen LogP contribution in [0.2, 0.25) is 0 Å². The fourth-order valence-electron chi connectivity index (χ4n) is 3.49. The lowest BCUT2D eigenvalue weighted by atomic mass is 10.00. The Hall–Kier alpha value is -2.57. The third-order valence-corrected chi connectivity index (χ3v) is 7.48. The second-order valence-corrected chi connectivity index (χ2v) is 9.72. The number of sulfonamides is 1. The largest absolute Gasteiger partial charge is 0.344 e. The number of imide groups is 1. The molecule has 0 aromatic heterocycles. The summed E-state index contributed by atoms with van der Waals surface area (Å²) in [5, 5.41) is 3.24. The first-order chi connectivity index (χ1) is 14.6. The predicted molar refractivity (Wildman–Crippen MR) is 108 cm³/mol. The van der Waals surface area contributed by atoms with E-state index in [0.29, 0.717) is 30.9 Å². The first kappa shape index (κ1) is 23.1. The van der Waals surface area contributed by atoms with E-state index in [1.165, 1.54) is 16.4 Å². The van der Waals surface area contributed by atoms with E-state index in [4.69, 9.17) is 0 Å². The van der Waals surface area contributed by atoms with Gasteiger partial charge in [-0.15, -0.1) is 0 Å². The number of halogens is 1. The van der Waals surface area contributed by atoms with Crippen LogP contribution in [0.1, 0.15) is 26.7 Å². The molecule has 2 aliphatic rings. The topological polar surface area (TPSA) is 119 Å². The van der Waals surface area contributed by atoms with E-state index in [2.05, 4.69) is 10.7 Å². The summed E-state index contributed by atoms with van der Waals surface area (Å²) >= 11 is 0. The second-order valence-electron chi connectivity index (χ2n) is 7.78. The Kier molecular flexibility index (Phi) is 6.62. The average Bonchev–Trinajstić information content (AvgIpc) is 2.88. The molecule has 0 unspecified atom stereocenters. The van der Waals surface area contributed by atoms with Gasteiger partial charge in [0, 0.05) is 19.6 Å². The molecule has 0 aliphatic carbocycles. The van der Waals surface area contributed by atoms with Crippen LogP contribution >= 0.6 is 0 Å². The standard InChI is InChI=1S/C19H26FN5O5S/c1-3-19(2)17(27)25(18(28)21-19)22-16(26)13-23-9-4-10-24(12-11-23)31(29,30)15-7-5-14(20)6-8-15/h5-8H,3-4,9-13H2,1-2H3,(H,21,28)(H,22,26)/t19-/m1/s1. The molecule has 1 aromatic rings. The van der Waals surface area contributed by atoms with Crippen molar-refractivity contribution in [1.82, 2.24) is 25.0 Å². The number of hydrazine groups is 1. The number of amides is 4. The van der Waals surface area contributed by atoms with Crippen LogP contribution in [0.15, 0.2) is 29.2 Å². The smallest absolute Gasteiger partial charge is 0.322 e. The summed E-state index contributed by atoms with van der Waals surface area (Å²) in [5.74, 6) is -1.59. The maximum absolute atomic E-state index is 13.1. The van der Waals surface area contributed by atoms with Crippen LogP contribution in [-0.4, -0.2) is 78.7 Å². The highest BCUT2D eigenvalue weighted by Crippen LogP contribution is 2.20. The van der Waals surface area contributed by atoms with Gasteiger partial charge < -0.3 is 5.32 Å². The van der Waals surface area contributed by atoms with Crippen LogP contribution in [0.5, 0.6) is 0 Å². The molecule has 31 heavy (non-hydrogen) atoms. The van der Waals surface area contributed by atoms with Crippen molar-refractivity contribution in [2.24, 2.45) is 0 Å². The maximum Gasteiger partial charge on any atom is 0.344 e. The number of carbonyl (C=O) groups excluding carboxylic acids is 3. The fourth-order valence-corrected chi connectivity index (χ4v) is 4.96.